The van der Waals surface area contributed by atoms with E-state index in [4.69, 9.17) is 4.74 Å². The predicted molar refractivity (Wildman–Crippen MR) is 66.9 cm³/mol. The van der Waals surface area contributed by atoms with Gasteiger partial charge in [-0.05, 0) is 43.6 Å². The van der Waals surface area contributed by atoms with Gasteiger partial charge in [-0.15, -0.1) is 0 Å². The Morgan fingerprint density at radius 2 is 2.00 bits per heavy atom. The van der Waals surface area contributed by atoms with E-state index >= 15 is 0 Å². The van der Waals surface area contributed by atoms with E-state index in [1.165, 1.54) is 25.7 Å². The molecule has 2 fully saturated rings. The Morgan fingerprint density at radius 3 is 2.59 bits per heavy atom. The van der Waals surface area contributed by atoms with Gasteiger partial charge in [-0.2, -0.15) is 0 Å². The molecule has 1 heterocycles. The first-order chi connectivity index (χ1) is 8.36. The summed E-state index contributed by atoms with van der Waals surface area (Å²) in [5, 5.41) is 3.69. The van der Waals surface area contributed by atoms with Crippen LogP contribution >= 0.6 is 0 Å². The zero-order chi connectivity index (χ0) is 11.7. The van der Waals surface area contributed by atoms with Crippen molar-refractivity contribution in [2.75, 3.05) is 7.11 Å². The number of methoxy groups -OCH3 is 1. The average molecular weight is 232 g/mol. The van der Waals surface area contributed by atoms with E-state index in [-0.39, 0.29) is 0 Å². The highest BCUT2D eigenvalue weighted by Crippen LogP contribution is 2.44. The summed E-state index contributed by atoms with van der Waals surface area (Å²) in [5.41, 5.74) is 1.08. The molecular formula is C14H20N2O. The largest absolute Gasteiger partial charge is 0.481 e. The van der Waals surface area contributed by atoms with Crippen LogP contribution in [0.1, 0.15) is 31.4 Å². The van der Waals surface area contributed by atoms with E-state index in [1.807, 2.05) is 12.1 Å². The lowest BCUT2D eigenvalue weighted by Gasteiger charge is -2.17. The van der Waals surface area contributed by atoms with Gasteiger partial charge in [-0.1, -0.05) is 6.07 Å². The van der Waals surface area contributed by atoms with E-state index in [2.05, 4.69) is 16.4 Å². The third-order valence-electron chi connectivity index (χ3n) is 3.77. The highest BCUT2D eigenvalue weighted by molar-refractivity contribution is 5.15. The van der Waals surface area contributed by atoms with Crippen LogP contribution in [0.3, 0.4) is 0 Å². The highest BCUT2D eigenvalue weighted by atomic mass is 16.5. The van der Waals surface area contributed by atoms with Crippen molar-refractivity contribution < 1.29 is 4.74 Å². The first-order valence-corrected chi connectivity index (χ1v) is 6.60. The second-order valence-electron chi connectivity index (χ2n) is 5.25. The molecule has 2 aliphatic rings. The number of pyridine rings is 1. The lowest BCUT2D eigenvalue weighted by molar-refractivity contribution is 0.389. The van der Waals surface area contributed by atoms with E-state index in [0.29, 0.717) is 5.88 Å². The Hall–Kier alpha value is -1.09. The molecule has 0 aliphatic heterocycles. The second kappa shape index (κ2) is 4.65. The predicted octanol–water partition coefficient (Wildman–Crippen LogP) is 2.37. The van der Waals surface area contributed by atoms with Gasteiger partial charge in [-0.3, -0.25) is 0 Å². The summed E-state index contributed by atoms with van der Waals surface area (Å²) in [5.74, 6) is 2.58. The molecule has 1 N–H and O–H groups in total. The molecule has 3 nitrogen and oxygen atoms in total. The summed E-state index contributed by atoms with van der Waals surface area (Å²) in [6.07, 6.45) is 5.67. The lowest BCUT2D eigenvalue weighted by atomic mass is 10.1. The van der Waals surface area contributed by atoms with Crippen molar-refractivity contribution in [3.8, 4) is 5.88 Å². The summed E-state index contributed by atoms with van der Waals surface area (Å²) in [4.78, 5) is 4.44. The van der Waals surface area contributed by atoms with Gasteiger partial charge in [0.15, 0.2) is 0 Å². The number of nitrogens with zero attached hydrogens (tertiary/aromatic N) is 1. The van der Waals surface area contributed by atoms with Gasteiger partial charge in [0, 0.05) is 18.7 Å². The summed E-state index contributed by atoms with van der Waals surface area (Å²) in [7, 11) is 1.66. The standard InChI is InChI=1S/C14H20N2O/c1-17-13-4-2-3-12(16-13)9-15-14(10-5-6-10)11-7-8-11/h2-4,10-11,14-15H,5-9H2,1H3. The maximum absolute atomic E-state index is 5.14. The first-order valence-electron chi connectivity index (χ1n) is 6.60. The normalized spacial score (nSPS) is 19.6. The van der Waals surface area contributed by atoms with Crippen molar-refractivity contribution in [3.05, 3.63) is 23.9 Å². The topological polar surface area (TPSA) is 34.1 Å². The van der Waals surface area contributed by atoms with E-state index in [9.17, 15) is 0 Å². The van der Waals surface area contributed by atoms with Crippen LogP contribution in [0, 0.1) is 11.8 Å². The number of hydrogen-bond acceptors (Lipinski definition) is 3. The first kappa shape index (κ1) is 11.0. The highest BCUT2D eigenvalue weighted by Gasteiger charge is 2.40. The van der Waals surface area contributed by atoms with Crippen molar-refractivity contribution in [3.63, 3.8) is 0 Å². The lowest BCUT2D eigenvalue weighted by Crippen LogP contribution is -2.32. The average Bonchev–Trinajstić information content (AvgIpc) is 3.22. The van der Waals surface area contributed by atoms with E-state index in [0.717, 1.165) is 30.1 Å². The molecule has 0 atom stereocenters. The number of aromatic nitrogens is 1. The zero-order valence-electron chi connectivity index (χ0n) is 10.4. The number of hydrogen-bond donors (Lipinski definition) is 1. The van der Waals surface area contributed by atoms with Crippen molar-refractivity contribution in [2.24, 2.45) is 11.8 Å². The molecule has 0 aromatic carbocycles. The molecule has 0 radical (unpaired) electrons. The molecule has 0 amide bonds. The number of nitrogens with one attached hydrogen (secondary N) is 1. The molecule has 2 aliphatic carbocycles. The number of ether oxygens (including phenoxy) is 1. The summed E-state index contributed by atoms with van der Waals surface area (Å²) in [6, 6.07) is 6.70. The fourth-order valence-corrected chi connectivity index (χ4v) is 2.52. The van der Waals surface area contributed by atoms with Crippen molar-refractivity contribution in [2.45, 2.75) is 38.3 Å². The molecule has 0 spiro atoms. The molecule has 0 unspecified atom stereocenters. The maximum Gasteiger partial charge on any atom is 0.213 e. The second-order valence-corrected chi connectivity index (χ2v) is 5.25. The van der Waals surface area contributed by atoms with Gasteiger partial charge in [0.1, 0.15) is 0 Å². The van der Waals surface area contributed by atoms with Crippen LogP contribution in [0.25, 0.3) is 0 Å². The smallest absolute Gasteiger partial charge is 0.213 e. The fraction of sp³-hybridized carbons (Fsp3) is 0.643. The van der Waals surface area contributed by atoms with Crippen molar-refractivity contribution in [1.29, 1.82) is 0 Å². The molecule has 2 saturated carbocycles. The monoisotopic (exact) mass is 232 g/mol. The van der Waals surface area contributed by atoms with Crippen LogP contribution < -0.4 is 10.1 Å². The Bertz CT molecular complexity index is 374. The van der Waals surface area contributed by atoms with E-state index < -0.39 is 0 Å². The third-order valence-corrected chi connectivity index (χ3v) is 3.77. The number of rotatable bonds is 6. The van der Waals surface area contributed by atoms with Crippen LogP contribution in [-0.2, 0) is 6.54 Å². The van der Waals surface area contributed by atoms with Gasteiger partial charge in [0.2, 0.25) is 5.88 Å². The molecule has 0 saturated heterocycles. The van der Waals surface area contributed by atoms with Gasteiger partial charge in [0.05, 0.1) is 12.8 Å². The quantitative estimate of drug-likeness (QED) is 0.817. The van der Waals surface area contributed by atoms with Crippen LogP contribution in [-0.4, -0.2) is 18.1 Å². The van der Waals surface area contributed by atoms with Gasteiger partial charge in [-0.25, -0.2) is 4.98 Å². The molecule has 0 bridgehead atoms. The van der Waals surface area contributed by atoms with Crippen molar-refractivity contribution in [1.82, 2.24) is 10.3 Å². The molecular weight excluding hydrogens is 212 g/mol. The summed E-state index contributed by atoms with van der Waals surface area (Å²) < 4.78 is 5.14. The van der Waals surface area contributed by atoms with Gasteiger partial charge < -0.3 is 10.1 Å². The van der Waals surface area contributed by atoms with Crippen LogP contribution in [0.15, 0.2) is 18.2 Å². The Morgan fingerprint density at radius 1 is 1.29 bits per heavy atom. The van der Waals surface area contributed by atoms with Crippen molar-refractivity contribution >= 4 is 0 Å². The summed E-state index contributed by atoms with van der Waals surface area (Å²) in [6.45, 7) is 0.870. The molecule has 3 rings (SSSR count). The molecule has 1 aromatic rings. The molecule has 92 valence electrons. The maximum atomic E-state index is 5.14. The Kier molecular flexibility index (Phi) is 3.02. The minimum atomic E-state index is 0.707. The Labute approximate surface area is 103 Å². The summed E-state index contributed by atoms with van der Waals surface area (Å²) >= 11 is 0. The minimum Gasteiger partial charge on any atom is -0.481 e. The van der Waals surface area contributed by atoms with Crippen LogP contribution in [0.4, 0.5) is 0 Å². The minimum absolute atomic E-state index is 0.707. The molecule has 17 heavy (non-hydrogen) atoms. The van der Waals surface area contributed by atoms with Gasteiger partial charge in [0.25, 0.3) is 0 Å². The molecule has 3 heteroatoms. The van der Waals surface area contributed by atoms with Crippen LogP contribution in [0.2, 0.25) is 0 Å². The van der Waals surface area contributed by atoms with E-state index in [1.54, 1.807) is 7.11 Å². The third kappa shape index (κ3) is 2.78. The molecule has 1 aromatic heterocycles. The zero-order valence-corrected chi connectivity index (χ0v) is 10.4. The van der Waals surface area contributed by atoms with Crippen LogP contribution in [0.5, 0.6) is 5.88 Å². The SMILES string of the molecule is COc1cccc(CNC(C2CC2)C2CC2)n1. The fourth-order valence-electron chi connectivity index (χ4n) is 2.52. The van der Waals surface area contributed by atoms with Gasteiger partial charge >= 0.3 is 0 Å². The Balaban J connectivity index is 1.58.